The maximum absolute atomic E-state index is 12.8. The van der Waals surface area contributed by atoms with E-state index < -0.39 is 0 Å². The predicted octanol–water partition coefficient (Wildman–Crippen LogP) is 4.24. The summed E-state index contributed by atoms with van der Waals surface area (Å²) >= 11 is 0. The molecule has 0 spiro atoms. The lowest BCUT2D eigenvalue weighted by Crippen LogP contribution is -2.45. The largest absolute Gasteiger partial charge is 0.491 e. The summed E-state index contributed by atoms with van der Waals surface area (Å²) < 4.78 is 7.93. The van der Waals surface area contributed by atoms with Crippen LogP contribution in [0.3, 0.4) is 0 Å². The van der Waals surface area contributed by atoms with Crippen molar-refractivity contribution in [3.63, 3.8) is 0 Å². The number of fused-ring (bicyclic) bond motifs is 2. The summed E-state index contributed by atoms with van der Waals surface area (Å²) in [6.45, 7) is 4.21. The molecule has 3 heterocycles. The number of anilines is 1. The van der Waals surface area contributed by atoms with Crippen LogP contribution in [0.4, 0.5) is 5.69 Å². The van der Waals surface area contributed by atoms with Crippen LogP contribution in [0.25, 0.3) is 11.1 Å². The molecule has 1 fully saturated rings. The zero-order chi connectivity index (χ0) is 22.5. The maximum Gasteiger partial charge on any atom is 0.224 e. The number of nitrogens with zero attached hydrogens (tertiary/aromatic N) is 3. The standard InChI is InChI=1S/C25H34N4O3/c1-3-4-5-6-25(31)29-11-9-19-14-24(30)27-22-8-7-18(21-15-26-28(2)16-21)13-23(22)32-12-10-20(19)17-29/h7-8,13,15-16,19-20H,3-6,9-12,14,17H2,1-2H3,(H,27,30)/t19-,20-/m0/s1. The van der Waals surface area contributed by atoms with Gasteiger partial charge in [0.25, 0.3) is 0 Å². The highest BCUT2D eigenvalue weighted by Crippen LogP contribution is 2.35. The molecule has 2 amide bonds. The Bertz CT molecular complexity index is 954. The first-order chi connectivity index (χ1) is 15.5. The van der Waals surface area contributed by atoms with Crippen LogP contribution in [-0.2, 0) is 16.6 Å². The second-order valence-corrected chi connectivity index (χ2v) is 9.11. The first-order valence-corrected chi connectivity index (χ1v) is 11.9. The molecule has 7 heteroatoms. The van der Waals surface area contributed by atoms with Crippen molar-refractivity contribution >= 4 is 17.5 Å². The Kier molecular flexibility index (Phi) is 7.12. The Morgan fingerprint density at radius 1 is 1.22 bits per heavy atom. The molecule has 7 nitrogen and oxygen atoms in total. The normalized spacial score (nSPS) is 21.2. The van der Waals surface area contributed by atoms with Crippen molar-refractivity contribution in [3.05, 3.63) is 30.6 Å². The average molecular weight is 439 g/mol. The van der Waals surface area contributed by atoms with Gasteiger partial charge in [0, 0.05) is 44.7 Å². The fourth-order valence-electron chi connectivity index (χ4n) is 4.84. The SMILES string of the molecule is CCCCCC(=O)N1CC[C@H]2CC(=O)Nc3ccc(-c4cnn(C)c4)cc3OCC[C@H]2C1. The Hall–Kier alpha value is -2.83. The minimum atomic E-state index is 0.0172. The number of amides is 2. The van der Waals surface area contributed by atoms with Crippen molar-refractivity contribution in [2.24, 2.45) is 18.9 Å². The lowest BCUT2D eigenvalue weighted by molar-refractivity contribution is -0.134. The molecule has 172 valence electrons. The van der Waals surface area contributed by atoms with E-state index in [0.717, 1.165) is 56.3 Å². The third-order valence-electron chi connectivity index (χ3n) is 6.73. The Labute approximate surface area is 190 Å². The van der Waals surface area contributed by atoms with Gasteiger partial charge in [0.2, 0.25) is 11.8 Å². The van der Waals surface area contributed by atoms with Crippen molar-refractivity contribution in [2.45, 2.75) is 51.9 Å². The van der Waals surface area contributed by atoms with E-state index in [1.54, 1.807) is 4.68 Å². The fraction of sp³-hybridized carbons (Fsp3) is 0.560. The first kappa shape index (κ1) is 22.4. The number of unbranched alkanes of at least 4 members (excludes halogenated alkanes) is 2. The number of carbonyl (C=O) groups excluding carboxylic acids is 2. The van der Waals surface area contributed by atoms with Crippen molar-refractivity contribution in [3.8, 4) is 16.9 Å². The number of hydrogen-bond donors (Lipinski definition) is 1. The molecule has 2 atom stereocenters. The quantitative estimate of drug-likeness (QED) is 0.709. The van der Waals surface area contributed by atoms with E-state index in [1.165, 1.54) is 0 Å². The molecular formula is C25H34N4O3. The molecule has 0 unspecified atom stereocenters. The molecule has 2 aromatic rings. The Balaban J connectivity index is 1.46. The van der Waals surface area contributed by atoms with Crippen LogP contribution in [-0.4, -0.2) is 46.2 Å². The van der Waals surface area contributed by atoms with Crippen LogP contribution in [0.1, 0.15) is 51.9 Å². The van der Waals surface area contributed by atoms with Crippen molar-refractivity contribution in [2.75, 3.05) is 25.0 Å². The molecule has 0 radical (unpaired) electrons. The molecule has 1 aromatic carbocycles. The number of nitrogens with one attached hydrogen (secondary N) is 1. The summed E-state index contributed by atoms with van der Waals surface area (Å²) in [6.07, 6.45) is 9.80. The summed E-state index contributed by atoms with van der Waals surface area (Å²) in [5.41, 5.74) is 2.72. The van der Waals surface area contributed by atoms with Crippen LogP contribution < -0.4 is 10.1 Å². The summed E-state index contributed by atoms with van der Waals surface area (Å²) in [5.74, 6) is 1.53. The van der Waals surface area contributed by atoms with Gasteiger partial charge in [0.05, 0.1) is 18.5 Å². The molecule has 0 saturated carbocycles. The van der Waals surface area contributed by atoms with Crippen molar-refractivity contribution < 1.29 is 14.3 Å². The van der Waals surface area contributed by atoms with E-state index in [0.29, 0.717) is 30.9 Å². The topological polar surface area (TPSA) is 76.5 Å². The molecule has 1 N–H and O–H groups in total. The fourth-order valence-corrected chi connectivity index (χ4v) is 4.84. The van der Waals surface area contributed by atoms with Crippen molar-refractivity contribution in [1.29, 1.82) is 0 Å². The van der Waals surface area contributed by atoms with Gasteiger partial charge in [-0.25, -0.2) is 0 Å². The number of aryl methyl sites for hydroxylation is 1. The van der Waals surface area contributed by atoms with Crippen LogP contribution in [0.15, 0.2) is 30.6 Å². The van der Waals surface area contributed by atoms with Crippen LogP contribution >= 0.6 is 0 Å². The number of likely N-dealkylation sites (tertiary alicyclic amines) is 1. The molecule has 1 aromatic heterocycles. The van der Waals surface area contributed by atoms with E-state index in [4.69, 9.17) is 4.74 Å². The third-order valence-corrected chi connectivity index (χ3v) is 6.73. The molecule has 2 aliphatic heterocycles. The van der Waals surface area contributed by atoms with Crippen molar-refractivity contribution in [1.82, 2.24) is 14.7 Å². The predicted molar refractivity (Wildman–Crippen MR) is 124 cm³/mol. The maximum atomic E-state index is 12.8. The minimum absolute atomic E-state index is 0.0172. The average Bonchev–Trinajstić information content (AvgIpc) is 3.22. The monoisotopic (exact) mass is 438 g/mol. The molecule has 1 saturated heterocycles. The van der Waals surface area contributed by atoms with E-state index in [9.17, 15) is 9.59 Å². The van der Waals surface area contributed by atoms with Gasteiger partial charge < -0.3 is 15.0 Å². The molecular weight excluding hydrogens is 404 g/mol. The number of rotatable bonds is 5. The smallest absolute Gasteiger partial charge is 0.224 e. The summed E-state index contributed by atoms with van der Waals surface area (Å²) in [5, 5.41) is 7.29. The van der Waals surface area contributed by atoms with Crippen LogP contribution in [0.2, 0.25) is 0 Å². The summed E-state index contributed by atoms with van der Waals surface area (Å²) in [4.78, 5) is 27.4. The van der Waals surface area contributed by atoms with Gasteiger partial charge in [-0.05, 0) is 48.8 Å². The first-order valence-electron chi connectivity index (χ1n) is 11.9. The lowest BCUT2D eigenvalue weighted by Gasteiger charge is -2.39. The molecule has 32 heavy (non-hydrogen) atoms. The molecule has 4 rings (SSSR count). The number of benzene rings is 1. The minimum Gasteiger partial charge on any atom is -0.491 e. The van der Waals surface area contributed by atoms with Gasteiger partial charge in [-0.15, -0.1) is 0 Å². The third kappa shape index (κ3) is 5.31. The summed E-state index contributed by atoms with van der Waals surface area (Å²) in [6, 6.07) is 5.86. The highest BCUT2D eigenvalue weighted by Gasteiger charge is 2.33. The summed E-state index contributed by atoms with van der Waals surface area (Å²) in [7, 11) is 1.89. The number of piperidine rings is 1. The van der Waals surface area contributed by atoms with Crippen LogP contribution in [0.5, 0.6) is 5.75 Å². The zero-order valence-electron chi connectivity index (χ0n) is 19.2. The zero-order valence-corrected chi connectivity index (χ0v) is 19.2. The second-order valence-electron chi connectivity index (χ2n) is 9.11. The van der Waals surface area contributed by atoms with E-state index in [2.05, 4.69) is 17.3 Å². The van der Waals surface area contributed by atoms with Gasteiger partial charge in [0.15, 0.2) is 0 Å². The molecule has 0 aliphatic carbocycles. The van der Waals surface area contributed by atoms with Gasteiger partial charge in [0.1, 0.15) is 5.75 Å². The second kappa shape index (κ2) is 10.2. The molecule has 0 bridgehead atoms. The highest BCUT2D eigenvalue weighted by atomic mass is 16.5. The van der Waals surface area contributed by atoms with Gasteiger partial charge >= 0.3 is 0 Å². The number of aromatic nitrogens is 2. The number of ether oxygens (including phenoxy) is 1. The van der Waals surface area contributed by atoms with Gasteiger partial charge in [-0.3, -0.25) is 14.3 Å². The van der Waals surface area contributed by atoms with E-state index in [1.807, 2.05) is 42.5 Å². The van der Waals surface area contributed by atoms with E-state index >= 15 is 0 Å². The highest BCUT2D eigenvalue weighted by molar-refractivity contribution is 5.93. The lowest BCUT2D eigenvalue weighted by atomic mass is 9.81. The van der Waals surface area contributed by atoms with Gasteiger partial charge in [-0.2, -0.15) is 5.10 Å². The Morgan fingerprint density at radius 3 is 2.88 bits per heavy atom. The molecule has 2 aliphatic rings. The van der Waals surface area contributed by atoms with Crippen LogP contribution in [0, 0.1) is 11.8 Å². The van der Waals surface area contributed by atoms with E-state index in [-0.39, 0.29) is 23.7 Å². The Morgan fingerprint density at radius 2 is 2.09 bits per heavy atom. The number of carbonyl (C=O) groups is 2. The number of hydrogen-bond acceptors (Lipinski definition) is 4. The van der Waals surface area contributed by atoms with Gasteiger partial charge in [-0.1, -0.05) is 25.8 Å².